The van der Waals surface area contributed by atoms with Crippen LogP contribution in [0.4, 0.5) is 22.0 Å². The van der Waals surface area contributed by atoms with Crippen molar-refractivity contribution in [1.82, 2.24) is 9.79 Å². The van der Waals surface area contributed by atoms with Crippen LogP contribution in [0, 0.1) is 0 Å². The maximum atomic E-state index is 13.1. The molecule has 0 radical (unpaired) electrons. The van der Waals surface area contributed by atoms with Gasteiger partial charge in [0.1, 0.15) is 0 Å². The van der Waals surface area contributed by atoms with Crippen molar-refractivity contribution in [2.24, 2.45) is 0 Å². The summed E-state index contributed by atoms with van der Waals surface area (Å²) in [5.74, 6) is -5.83. The molecule has 1 saturated heterocycles. The Balaban J connectivity index is 1.98. The van der Waals surface area contributed by atoms with E-state index in [-0.39, 0.29) is 32.0 Å². The number of rotatable bonds is 10. The van der Waals surface area contributed by atoms with E-state index < -0.39 is 46.1 Å². The molecule has 13 heteroatoms. The molecule has 2 N–H and O–H groups in total. The molecule has 1 atom stereocenters. The van der Waals surface area contributed by atoms with Crippen molar-refractivity contribution in [3.05, 3.63) is 35.4 Å². The number of benzene rings is 1. The van der Waals surface area contributed by atoms with Crippen LogP contribution in [0.25, 0.3) is 0 Å². The summed E-state index contributed by atoms with van der Waals surface area (Å²) in [6.45, 7) is 0.276. The van der Waals surface area contributed by atoms with Gasteiger partial charge in [-0.25, -0.2) is 18.2 Å². The Labute approximate surface area is 188 Å². The molecular formula is C20H27F5N2O5S. The summed E-state index contributed by atoms with van der Waals surface area (Å²) >= 11 is 0. The molecule has 7 nitrogen and oxygen atoms in total. The van der Waals surface area contributed by atoms with E-state index in [2.05, 4.69) is 0 Å². The number of carbonyl (C=O) groups is 1. The molecule has 1 aromatic rings. The zero-order valence-electron chi connectivity index (χ0n) is 17.9. The summed E-state index contributed by atoms with van der Waals surface area (Å²) < 4.78 is 94.8. The van der Waals surface area contributed by atoms with Crippen LogP contribution in [0.1, 0.15) is 42.7 Å². The van der Waals surface area contributed by atoms with Gasteiger partial charge in [-0.1, -0.05) is 24.3 Å². The lowest BCUT2D eigenvalue weighted by atomic mass is 9.89. The van der Waals surface area contributed by atoms with E-state index in [4.69, 9.17) is 9.94 Å². The average molecular weight is 503 g/mol. The number of nitrogens with one attached hydrogen (secondary N) is 1. The molecule has 0 aliphatic carbocycles. The number of amides is 1. The van der Waals surface area contributed by atoms with Gasteiger partial charge in [0.05, 0.1) is 0 Å². The minimum absolute atomic E-state index is 0.00896. The monoisotopic (exact) mass is 502 g/mol. The number of ether oxygens (including phenoxy) is 1. The minimum atomic E-state index is -5.58. The van der Waals surface area contributed by atoms with Crippen LogP contribution in [0.2, 0.25) is 0 Å². The fourth-order valence-corrected chi connectivity index (χ4v) is 5.53. The molecule has 0 spiro atoms. The van der Waals surface area contributed by atoms with Gasteiger partial charge in [0.25, 0.3) is 5.91 Å². The van der Waals surface area contributed by atoms with Gasteiger partial charge < -0.3 is 4.74 Å². The Morgan fingerprint density at radius 1 is 1.18 bits per heavy atom. The van der Waals surface area contributed by atoms with Gasteiger partial charge in [0, 0.05) is 33.2 Å². The third-order valence-electron chi connectivity index (χ3n) is 5.75. The number of hydroxylamine groups is 1. The molecule has 0 aromatic heterocycles. The van der Waals surface area contributed by atoms with Gasteiger partial charge >= 0.3 is 12.1 Å². The van der Waals surface area contributed by atoms with Crippen molar-refractivity contribution in [2.75, 3.05) is 26.8 Å². The number of carbonyl (C=O) groups excluding carboxylic acids is 1. The topological polar surface area (TPSA) is 95.9 Å². The van der Waals surface area contributed by atoms with Gasteiger partial charge in [0.2, 0.25) is 10.0 Å². The normalized spacial score (nSPS) is 17.7. The summed E-state index contributed by atoms with van der Waals surface area (Å²) in [5, 5.41) is 7.39. The predicted octanol–water partition coefficient (Wildman–Crippen LogP) is 3.24. The third kappa shape index (κ3) is 6.84. The molecule has 1 amide bonds. The SMILES string of the molecule is COCCC(C(=O)NO)S(=O)(=O)N1CCC(c2ccc(CCC(F)(F)C(F)(F)F)cc2)CC1. The largest absolute Gasteiger partial charge is 0.453 e. The smallest absolute Gasteiger partial charge is 0.385 e. The van der Waals surface area contributed by atoms with Crippen LogP contribution in [0.3, 0.4) is 0 Å². The summed E-state index contributed by atoms with van der Waals surface area (Å²) in [5.41, 5.74) is 2.54. The molecule has 0 bridgehead atoms. The Bertz CT molecular complexity index is 885. The molecule has 188 valence electrons. The first-order valence-electron chi connectivity index (χ1n) is 10.3. The molecule has 1 heterocycles. The Morgan fingerprint density at radius 2 is 1.76 bits per heavy atom. The lowest BCUT2D eigenvalue weighted by Crippen LogP contribution is -2.49. The first-order valence-corrected chi connectivity index (χ1v) is 11.8. The number of aryl methyl sites for hydroxylation is 1. The maximum Gasteiger partial charge on any atom is 0.453 e. The summed E-state index contributed by atoms with van der Waals surface area (Å²) in [6, 6.07) is 6.29. The first-order chi connectivity index (χ1) is 15.3. The highest BCUT2D eigenvalue weighted by atomic mass is 32.2. The van der Waals surface area contributed by atoms with E-state index >= 15 is 0 Å². The van der Waals surface area contributed by atoms with E-state index in [9.17, 15) is 35.2 Å². The average Bonchev–Trinajstić information content (AvgIpc) is 2.77. The van der Waals surface area contributed by atoms with Crippen molar-refractivity contribution in [3.8, 4) is 0 Å². The second-order valence-electron chi connectivity index (χ2n) is 7.91. The highest BCUT2D eigenvalue weighted by molar-refractivity contribution is 7.90. The van der Waals surface area contributed by atoms with Crippen LogP contribution in [0.15, 0.2) is 24.3 Å². The van der Waals surface area contributed by atoms with Crippen LogP contribution in [-0.4, -0.2) is 68.0 Å². The number of hydrogen-bond acceptors (Lipinski definition) is 5. The van der Waals surface area contributed by atoms with E-state index in [1.165, 1.54) is 29.0 Å². The second-order valence-corrected chi connectivity index (χ2v) is 10.0. The zero-order valence-corrected chi connectivity index (χ0v) is 18.8. The maximum absolute atomic E-state index is 13.1. The molecule has 1 aliphatic heterocycles. The molecule has 1 aromatic carbocycles. The lowest BCUT2D eigenvalue weighted by Gasteiger charge is -2.33. The van der Waals surface area contributed by atoms with E-state index in [0.29, 0.717) is 18.4 Å². The van der Waals surface area contributed by atoms with Crippen molar-refractivity contribution in [1.29, 1.82) is 0 Å². The molecule has 1 unspecified atom stereocenters. The summed E-state index contributed by atoms with van der Waals surface area (Å²) in [4.78, 5) is 11.9. The van der Waals surface area contributed by atoms with Crippen LogP contribution >= 0.6 is 0 Å². The number of sulfonamides is 1. The number of methoxy groups -OCH3 is 1. The van der Waals surface area contributed by atoms with E-state index in [1.807, 2.05) is 0 Å². The van der Waals surface area contributed by atoms with Crippen LogP contribution in [-0.2, 0) is 26.0 Å². The van der Waals surface area contributed by atoms with Gasteiger partial charge in [-0.15, -0.1) is 0 Å². The third-order valence-corrected chi connectivity index (χ3v) is 8.01. The van der Waals surface area contributed by atoms with Gasteiger partial charge in [-0.05, 0) is 42.7 Å². The highest BCUT2D eigenvalue weighted by Crippen LogP contribution is 2.39. The van der Waals surface area contributed by atoms with Gasteiger partial charge in [-0.2, -0.15) is 22.0 Å². The Kier molecular flexibility index (Phi) is 9.19. The number of alkyl halides is 5. The molecule has 0 saturated carbocycles. The van der Waals surface area contributed by atoms with Gasteiger partial charge in [0.15, 0.2) is 5.25 Å². The fourth-order valence-electron chi connectivity index (χ4n) is 3.74. The predicted molar refractivity (Wildman–Crippen MR) is 108 cm³/mol. The molecule has 1 aliphatic rings. The van der Waals surface area contributed by atoms with E-state index in [1.54, 1.807) is 12.1 Å². The number of halogens is 5. The number of piperidine rings is 1. The zero-order chi connectivity index (χ0) is 24.9. The van der Waals surface area contributed by atoms with Crippen molar-refractivity contribution in [2.45, 2.75) is 55.4 Å². The Morgan fingerprint density at radius 3 is 2.24 bits per heavy atom. The van der Waals surface area contributed by atoms with Crippen molar-refractivity contribution in [3.63, 3.8) is 0 Å². The number of hydrogen-bond donors (Lipinski definition) is 2. The standard InChI is InChI=1S/C20H27F5N2O5S/c1-32-13-9-17(18(28)26-29)33(30,31)27-11-7-16(8-12-27)15-4-2-14(3-5-15)6-10-19(21,22)20(23,24)25/h2-5,16-17,29H,6-13H2,1H3,(H,26,28). The first kappa shape index (κ1) is 27.4. The quantitative estimate of drug-likeness (QED) is 0.291. The minimum Gasteiger partial charge on any atom is -0.385 e. The lowest BCUT2D eigenvalue weighted by molar-refractivity contribution is -0.284. The summed E-state index contributed by atoms with van der Waals surface area (Å²) in [7, 11) is -2.67. The summed E-state index contributed by atoms with van der Waals surface area (Å²) in [6.07, 6.45) is -6.61. The Hall–Kier alpha value is -1.83. The molecule has 1 fully saturated rings. The van der Waals surface area contributed by atoms with E-state index in [0.717, 1.165) is 5.56 Å². The van der Waals surface area contributed by atoms with Crippen molar-refractivity contribution < 1.29 is 45.1 Å². The molecule has 2 rings (SSSR count). The molecule has 33 heavy (non-hydrogen) atoms. The fraction of sp³-hybridized carbons (Fsp3) is 0.650. The number of nitrogens with zero attached hydrogens (tertiary/aromatic N) is 1. The van der Waals surface area contributed by atoms with Crippen molar-refractivity contribution >= 4 is 15.9 Å². The highest BCUT2D eigenvalue weighted by Gasteiger charge is 2.56. The van der Waals surface area contributed by atoms with Crippen LogP contribution < -0.4 is 5.48 Å². The molecular weight excluding hydrogens is 475 g/mol. The van der Waals surface area contributed by atoms with Gasteiger partial charge in [-0.3, -0.25) is 10.0 Å². The second kappa shape index (κ2) is 11.1. The van der Waals surface area contributed by atoms with Crippen LogP contribution in [0.5, 0.6) is 0 Å².